The number of hydrogen-bond donors (Lipinski definition) is 0. The van der Waals surface area contributed by atoms with Crippen LogP contribution in [0.25, 0.3) is 6.08 Å². The largest absolute Gasteiger partial charge is 0.378 e. The predicted octanol–water partition coefficient (Wildman–Crippen LogP) is 3.08. The maximum absolute atomic E-state index is 10.0. The van der Waals surface area contributed by atoms with Crippen LogP contribution in [0.4, 0.5) is 5.69 Å². The summed E-state index contributed by atoms with van der Waals surface area (Å²) in [4.78, 5) is 12.1. The van der Waals surface area contributed by atoms with Gasteiger partial charge in [-0.05, 0) is 23.8 Å². The van der Waals surface area contributed by atoms with Crippen LogP contribution in [0.2, 0.25) is 0 Å². The van der Waals surface area contributed by atoms with Crippen LogP contribution in [0.5, 0.6) is 0 Å². The van der Waals surface area contributed by atoms with Gasteiger partial charge in [0.25, 0.3) is 0 Å². The second-order valence-corrected chi connectivity index (χ2v) is 3.75. The molecular weight excluding hydrogens is 210 g/mol. The lowest BCUT2D eigenvalue weighted by Crippen LogP contribution is -2.07. The maximum Gasteiger partial charge on any atom is 0.142 e. The molecule has 0 aliphatic heterocycles. The average molecular weight is 227 g/mol. The van der Waals surface area contributed by atoms with Crippen LogP contribution >= 0.6 is 0 Å². The first-order valence-corrected chi connectivity index (χ1v) is 5.46. The van der Waals surface area contributed by atoms with Crippen molar-refractivity contribution in [1.82, 2.24) is 0 Å². The second kappa shape index (κ2) is 7.23. The standard InChI is InChI=1S/C15H17NO/c1-16(2)15-11-9-14(10-12-15)8-6-4-3-5-7-13-17/h3-13H,1-2H3. The highest BCUT2D eigenvalue weighted by atomic mass is 16.1. The van der Waals surface area contributed by atoms with Gasteiger partial charge in [0.15, 0.2) is 0 Å². The van der Waals surface area contributed by atoms with E-state index in [1.807, 2.05) is 38.4 Å². The molecule has 0 atom stereocenters. The van der Waals surface area contributed by atoms with Crippen molar-refractivity contribution in [1.29, 1.82) is 0 Å². The number of nitrogens with zero attached hydrogens (tertiary/aromatic N) is 1. The van der Waals surface area contributed by atoms with E-state index in [0.29, 0.717) is 0 Å². The zero-order valence-corrected chi connectivity index (χ0v) is 10.2. The van der Waals surface area contributed by atoms with Gasteiger partial charge in [-0.2, -0.15) is 0 Å². The highest BCUT2D eigenvalue weighted by Gasteiger charge is 1.92. The topological polar surface area (TPSA) is 20.3 Å². The normalized spacial score (nSPS) is 11.6. The minimum Gasteiger partial charge on any atom is -0.378 e. The quantitative estimate of drug-likeness (QED) is 0.437. The fraction of sp³-hybridized carbons (Fsp3) is 0.133. The van der Waals surface area contributed by atoms with E-state index in [1.54, 1.807) is 6.08 Å². The Morgan fingerprint density at radius 2 is 1.47 bits per heavy atom. The summed E-state index contributed by atoms with van der Waals surface area (Å²) in [6, 6.07) is 8.30. The Balaban J connectivity index is 2.57. The van der Waals surface area contributed by atoms with Crippen molar-refractivity contribution in [2.24, 2.45) is 0 Å². The lowest BCUT2D eigenvalue weighted by Gasteiger charge is -2.11. The molecule has 0 saturated heterocycles. The molecule has 0 fully saturated rings. The van der Waals surface area contributed by atoms with Crippen LogP contribution in [-0.2, 0) is 4.79 Å². The first-order chi connectivity index (χ1) is 8.24. The third kappa shape index (κ3) is 4.98. The molecule has 0 amide bonds. The zero-order valence-electron chi connectivity index (χ0n) is 10.2. The van der Waals surface area contributed by atoms with Crippen LogP contribution in [0.1, 0.15) is 5.56 Å². The molecule has 0 bridgehead atoms. The Labute approximate surface area is 103 Å². The van der Waals surface area contributed by atoms with Crippen molar-refractivity contribution in [3.8, 4) is 0 Å². The summed E-state index contributed by atoms with van der Waals surface area (Å²) in [6.45, 7) is 0. The summed E-state index contributed by atoms with van der Waals surface area (Å²) in [5.74, 6) is 0. The molecule has 0 N–H and O–H groups in total. The molecule has 0 spiro atoms. The third-order valence-corrected chi connectivity index (χ3v) is 2.22. The van der Waals surface area contributed by atoms with E-state index in [0.717, 1.165) is 11.8 Å². The number of anilines is 1. The summed E-state index contributed by atoms with van der Waals surface area (Å²) in [5.41, 5.74) is 2.34. The molecule has 2 heteroatoms. The van der Waals surface area contributed by atoms with E-state index in [9.17, 15) is 4.79 Å². The van der Waals surface area contributed by atoms with Gasteiger partial charge in [-0.15, -0.1) is 0 Å². The van der Waals surface area contributed by atoms with Crippen LogP contribution in [-0.4, -0.2) is 20.4 Å². The van der Waals surface area contributed by atoms with Crippen molar-refractivity contribution in [3.63, 3.8) is 0 Å². The molecular formula is C15H17NO. The Morgan fingerprint density at radius 3 is 2.06 bits per heavy atom. The van der Waals surface area contributed by atoms with Crippen molar-refractivity contribution in [2.45, 2.75) is 0 Å². The molecule has 0 unspecified atom stereocenters. The van der Waals surface area contributed by atoms with Gasteiger partial charge in [0.1, 0.15) is 6.29 Å². The smallest absolute Gasteiger partial charge is 0.142 e. The highest BCUT2D eigenvalue weighted by molar-refractivity contribution is 5.65. The SMILES string of the molecule is CN(C)c1ccc(C=CC=CC=CC=O)cc1. The lowest BCUT2D eigenvalue weighted by molar-refractivity contribution is -0.104. The number of benzene rings is 1. The zero-order chi connectivity index (χ0) is 12.5. The molecule has 0 heterocycles. The average Bonchev–Trinajstić information content (AvgIpc) is 2.34. The summed E-state index contributed by atoms with van der Waals surface area (Å²) >= 11 is 0. The van der Waals surface area contributed by atoms with Gasteiger partial charge in [0.2, 0.25) is 0 Å². The third-order valence-electron chi connectivity index (χ3n) is 2.22. The van der Waals surface area contributed by atoms with Gasteiger partial charge in [0.05, 0.1) is 0 Å². The highest BCUT2D eigenvalue weighted by Crippen LogP contribution is 2.12. The minimum atomic E-state index is 0.758. The summed E-state index contributed by atoms with van der Waals surface area (Å²) in [6.07, 6.45) is 11.6. The van der Waals surface area contributed by atoms with Gasteiger partial charge in [-0.3, -0.25) is 4.79 Å². The molecule has 2 nitrogen and oxygen atoms in total. The van der Waals surface area contributed by atoms with Gasteiger partial charge >= 0.3 is 0 Å². The number of aldehydes is 1. The Bertz CT molecular complexity index is 425. The Morgan fingerprint density at radius 1 is 0.882 bits per heavy atom. The molecule has 1 aromatic carbocycles. The van der Waals surface area contributed by atoms with Crippen molar-refractivity contribution in [2.75, 3.05) is 19.0 Å². The van der Waals surface area contributed by atoms with Gasteiger partial charge < -0.3 is 4.90 Å². The molecule has 0 radical (unpaired) electrons. The molecule has 0 saturated carbocycles. The van der Waals surface area contributed by atoms with Crippen LogP contribution < -0.4 is 4.90 Å². The van der Waals surface area contributed by atoms with E-state index >= 15 is 0 Å². The van der Waals surface area contributed by atoms with E-state index in [2.05, 4.69) is 29.2 Å². The van der Waals surface area contributed by atoms with Gasteiger partial charge in [-0.1, -0.05) is 42.5 Å². The fourth-order valence-corrected chi connectivity index (χ4v) is 1.29. The molecule has 88 valence electrons. The molecule has 0 aliphatic carbocycles. The Hall–Kier alpha value is -2.09. The second-order valence-electron chi connectivity index (χ2n) is 3.75. The lowest BCUT2D eigenvalue weighted by atomic mass is 10.2. The number of carbonyl (C=O) groups is 1. The monoisotopic (exact) mass is 227 g/mol. The first kappa shape index (κ1) is 13.0. The van der Waals surface area contributed by atoms with Crippen LogP contribution in [0, 0.1) is 0 Å². The predicted molar refractivity (Wildman–Crippen MR) is 74.1 cm³/mol. The molecule has 1 rings (SSSR count). The van der Waals surface area contributed by atoms with E-state index in [1.165, 1.54) is 11.8 Å². The summed E-state index contributed by atoms with van der Waals surface area (Å²) in [5, 5.41) is 0. The van der Waals surface area contributed by atoms with Crippen LogP contribution in [0.15, 0.2) is 54.6 Å². The van der Waals surface area contributed by atoms with E-state index < -0.39 is 0 Å². The van der Waals surface area contributed by atoms with E-state index in [-0.39, 0.29) is 0 Å². The summed E-state index contributed by atoms with van der Waals surface area (Å²) < 4.78 is 0. The maximum atomic E-state index is 10.0. The number of rotatable bonds is 5. The molecule has 1 aromatic rings. The molecule has 0 aromatic heterocycles. The first-order valence-electron chi connectivity index (χ1n) is 5.46. The molecule has 17 heavy (non-hydrogen) atoms. The number of carbonyl (C=O) groups excluding carboxylic acids is 1. The molecule has 0 aliphatic rings. The van der Waals surface area contributed by atoms with Crippen LogP contribution in [0.3, 0.4) is 0 Å². The van der Waals surface area contributed by atoms with Gasteiger partial charge in [-0.25, -0.2) is 0 Å². The minimum absolute atomic E-state index is 0.758. The van der Waals surface area contributed by atoms with E-state index in [4.69, 9.17) is 0 Å². The van der Waals surface area contributed by atoms with Crippen molar-refractivity contribution < 1.29 is 4.79 Å². The van der Waals surface area contributed by atoms with Gasteiger partial charge in [0, 0.05) is 19.8 Å². The van der Waals surface area contributed by atoms with Crippen molar-refractivity contribution >= 4 is 18.0 Å². The number of allylic oxidation sites excluding steroid dienone is 5. The summed E-state index contributed by atoms with van der Waals surface area (Å²) in [7, 11) is 4.04. The Kier molecular flexibility index (Phi) is 5.52. The fourth-order valence-electron chi connectivity index (χ4n) is 1.29. The van der Waals surface area contributed by atoms with Crippen molar-refractivity contribution in [3.05, 3.63) is 60.2 Å². The number of hydrogen-bond acceptors (Lipinski definition) is 2.